The van der Waals surface area contributed by atoms with Gasteiger partial charge in [0.25, 0.3) is 0 Å². The van der Waals surface area contributed by atoms with Gasteiger partial charge in [-0.15, -0.1) is 0 Å². The second kappa shape index (κ2) is 5.97. The first-order valence-corrected chi connectivity index (χ1v) is 6.63. The third-order valence-corrected chi connectivity index (χ3v) is 3.22. The van der Waals surface area contributed by atoms with Gasteiger partial charge in [-0.25, -0.2) is 9.37 Å². The molecule has 4 heteroatoms. The minimum absolute atomic E-state index is 0.235. The lowest BCUT2D eigenvalue weighted by Crippen LogP contribution is -2.18. The van der Waals surface area contributed by atoms with Gasteiger partial charge in [-0.3, -0.25) is 0 Å². The van der Waals surface area contributed by atoms with Crippen molar-refractivity contribution in [1.82, 2.24) is 9.55 Å². The van der Waals surface area contributed by atoms with Gasteiger partial charge >= 0.3 is 0 Å². The van der Waals surface area contributed by atoms with Gasteiger partial charge in [-0.2, -0.15) is 0 Å². The Kier molecular flexibility index (Phi) is 4.32. The molecule has 1 aromatic carbocycles. The van der Waals surface area contributed by atoms with E-state index in [1.54, 1.807) is 12.3 Å². The zero-order valence-corrected chi connectivity index (χ0v) is 11.4. The number of benzene rings is 1. The summed E-state index contributed by atoms with van der Waals surface area (Å²) < 4.78 is 15.9. The van der Waals surface area contributed by atoms with Crippen molar-refractivity contribution >= 4 is 0 Å². The van der Waals surface area contributed by atoms with E-state index >= 15 is 0 Å². The molecule has 0 radical (unpaired) electrons. The summed E-state index contributed by atoms with van der Waals surface area (Å²) in [6, 6.07) is 4.81. The molecule has 1 aromatic heterocycles. The van der Waals surface area contributed by atoms with E-state index in [4.69, 9.17) is 5.73 Å². The summed E-state index contributed by atoms with van der Waals surface area (Å²) >= 11 is 0. The number of rotatable bonds is 5. The summed E-state index contributed by atoms with van der Waals surface area (Å²) in [6.07, 6.45) is 5.30. The predicted octanol–water partition coefficient (Wildman–Crippen LogP) is 2.98. The van der Waals surface area contributed by atoms with Crippen LogP contribution in [0.1, 0.15) is 36.3 Å². The lowest BCUT2D eigenvalue weighted by molar-refractivity contribution is 0.557. The number of aryl methyl sites for hydroxylation is 2. The lowest BCUT2D eigenvalue weighted by atomic mass is 10.0. The molecule has 0 fully saturated rings. The van der Waals surface area contributed by atoms with Crippen molar-refractivity contribution in [2.75, 3.05) is 0 Å². The highest BCUT2D eigenvalue weighted by Crippen LogP contribution is 2.19. The Bertz CT molecular complexity index is 548. The first-order chi connectivity index (χ1) is 9.11. The Morgan fingerprint density at radius 1 is 1.42 bits per heavy atom. The van der Waals surface area contributed by atoms with Crippen LogP contribution in [0, 0.1) is 12.7 Å². The minimum Gasteiger partial charge on any atom is -0.335 e. The van der Waals surface area contributed by atoms with Crippen molar-refractivity contribution in [1.29, 1.82) is 0 Å². The molecule has 0 amide bonds. The highest BCUT2D eigenvalue weighted by Gasteiger charge is 2.14. The molecule has 2 N–H and O–H groups in total. The summed E-state index contributed by atoms with van der Waals surface area (Å²) in [5, 5.41) is 0. The van der Waals surface area contributed by atoms with E-state index in [9.17, 15) is 4.39 Å². The second-order valence-corrected chi connectivity index (χ2v) is 4.87. The number of halogens is 1. The van der Waals surface area contributed by atoms with Gasteiger partial charge in [0.2, 0.25) is 0 Å². The molecule has 102 valence electrons. The van der Waals surface area contributed by atoms with Gasteiger partial charge in [0.1, 0.15) is 11.6 Å². The van der Waals surface area contributed by atoms with Crippen molar-refractivity contribution < 1.29 is 4.39 Å². The maximum absolute atomic E-state index is 13.9. The number of imidazole rings is 1. The van der Waals surface area contributed by atoms with Crippen molar-refractivity contribution in [2.24, 2.45) is 5.73 Å². The molecule has 1 unspecified atom stereocenters. The van der Waals surface area contributed by atoms with Crippen LogP contribution in [0.5, 0.6) is 0 Å². The smallest absolute Gasteiger partial charge is 0.128 e. The molecule has 1 atom stereocenters. The Labute approximate surface area is 113 Å². The lowest BCUT2D eigenvalue weighted by Gasteiger charge is -2.14. The van der Waals surface area contributed by atoms with E-state index < -0.39 is 0 Å². The van der Waals surface area contributed by atoms with E-state index in [0.717, 1.165) is 24.4 Å². The standard InChI is InChI=1S/C15H20FN3/c1-3-7-19-8-6-18-15(19)10-14(17)12-5-4-11(2)9-13(12)16/h4-6,8-9,14H,3,7,10,17H2,1-2H3. The third-order valence-electron chi connectivity index (χ3n) is 3.22. The molecule has 0 aliphatic heterocycles. The van der Waals surface area contributed by atoms with Gasteiger partial charge < -0.3 is 10.3 Å². The Balaban J connectivity index is 2.16. The van der Waals surface area contributed by atoms with E-state index in [2.05, 4.69) is 16.5 Å². The zero-order valence-electron chi connectivity index (χ0n) is 11.4. The average molecular weight is 261 g/mol. The molecule has 0 saturated carbocycles. The molecule has 2 aromatic rings. The van der Waals surface area contributed by atoms with Crippen molar-refractivity contribution in [3.05, 3.63) is 53.4 Å². The largest absolute Gasteiger partial charge is 0.335 e. The van der Waals surface area contributed by atoms with Crippen LogP contribution in [0.15, 0.2) is 30.6 Å². The summed E-state index contributed by atoms with van der Waals surface area (Å²) in [7, 11) is 0. The molecular formula is C15H20FN3. The number of hydrogen-bond acceptors (Lipinski definition) is 2. The van der Waals surface area contributed by atoms with Crippen LogP contribution < -0.4 is 5.73 Å². The maximum Gasteiger partial charge on any atom is 0.128 e. The Morgan fingerprint density at radius 2 is 2.21 bits per heavy atom. The molecule has 0 bridgehead atoms. The van der Waals surface area contributed by atoms with Crippen LogP contribution in [-0.4, -0.2) is 9.55 Å². The fourth-order valence-corrected chi connectivity index (χ4v) is 2.21. The molecule has 1 heterocycles. The van der Waals surface area contributed by atoms with Crippen LogP contribution in [0.4, 0.5) is 4.39 Å². The molecule has 0 saturated heterocycles. The highest BCUT2D eigenvalue weighted by atomic mass is 19.1. The third kappa shape index (κ3) is 3.20. The van der Waals surface area contributed by atoms with E-state index in [1.165, 1.54) is 6.07 Å². The zero-order chi connectivity index (χ0) is 13.8. The van der Waals surface area contributed by atoms with Crippen LogP contribution in [0.2, 0.25) is 0 Å². The molecule has 19 heavy (non-hydrogen) atoms. The maximum atomic E-state index is 13.9. The minimum atomic E-state index is -0.362. The van der Waals surface area contributed by atoms with Crippen LogP contribution in [0.25, 0.3) is 0 Å². The molecular weight excluding hydrogens is 241 g/mol. The number of nitrogens with two attached hydrogens (primary N) is 1. The Morgan fingerprint density at radius 3 is 2.89 bits per heavy atom. The SMILES string of the molecule is CCCn1ccnc1CC(N)c1ccc(C)cc1F. The van der Waals surface area contributed by atoms with E-state index in [-0.39, 0.29) is 11.9 Å². The van der Waals surface area contributed by atoms with Gasteiger partial charge in [0, 0.05) is 37.0 Å². The summed E-state index contributed by atoms with van der Waals surface area (Å²) in [5.74, 6) is 0.676. The molecule has 0 spiro atoms. The fraction of sp³-hybridized carbons (Fsp3) is 0.400. The number of hydrogen-bond donors (Lipinski definition) is 1. The van der Waals surface area contributed by atoms with Crippen LogP contribution in [-0.2, 0) is 13.0 Å². The predicted molar refractivity (Wildman–Crippen MR) is 74.3 cm³/mol. The van der Waals surface area contributed by atoms with E-state index in [1.807, 2.05) is 19.2 Å². The number of nitrogens with zero attached hydrogens (tertiary/aromatic N) is 2. The molecule has 3 nitrogen and oxygen atoms in total. The summed E-state index contributed by atoms with van der Waals surface area (Å²) in [6.45, 7) is 4.90. The second-order valence-electron chi connectivity index (χ2n) is 4.87. The average Bonchev–Trinajstić information content (AvgIpc) is 2.77. The molecule has 2 rings (SSSR count). The van der Waals surface area contributed by atoms with Crippen molar-refractivity contribution in [3.8, 4) is 0 Å². The first-order valence-electron chi connectivity index (χ1n) is 6.63. The summed E-state index contributed by atoms with van der Waals surface area (Å²) in [5.41, 5.74) is 7.56. The molecule has 0 aliphatic carbocycles. The van der Waals surface area contributed by atoms with Crippen molar-refractivity contribution in [2.45, 2.75) is 39.3 Å². The van der Waals surface area contributed by atoms with Gasteiger partial charge in [-0.05, 0) is 25.0 Å². The van der Waals surface area contributed by atoms with Crippen LogP contribution in [0.3, 0.4) is 0 Å². The number of aromatic nitrogens is 2. The normalized spacial score (nSPS) is 12.6. The van der Waals surface area contributed by atoms with Crippen LogP contribution >= 0.6 is 0 Å². The highest BCUT2D eigenvalue weighted by molar-refractivity contribution is 5.26. The van der Waals surface area contributed by atoms with Gasteiger partial charge in [-0.1, -0.05) is 19.1 Å². The topological polar surface area (TPSA) is 43.8 Å². The molecule has 0 aliphatic rings. The fourth-order valence-electron chi connectivity index (χ4n) is 2.21. The summed E-state index contributed by atoms with van der Waals surface area (Å²) in [4.78, 5) is 4.31. The van der Waals surface area contributed by atoms with Gasteiger partial charge in [0.05, 0.1) is 0 Å². The van der Waals surface area contributed by atoms with Gasteiger partial charge in [0.15, 0.2) is 0 Å². The first kappa shape index (κ1) is 13.7. The quantitative estimate of drug-likeness (QED) is 0.899. The monoisotopic (exact) mass is 261 g/mol. The van der Waals surface area contributed by atoms with E-state index in [0.29, 0.717) is 12.0 Å². The van der Waals surface area contributed by atoms with Crippen molar-refractivity contribution in [3.63, 3.8) is 0 Å². The Hall–Kier alpha value is -1.68.